The van der Waals surface area contributed by atoms with Crippen LogP contribution in [0, 0.1) is 0 Å². The zero-order valence-electron chi connectivity index (χ0n) is 19.0. The van der Waals surface area contributed by atoms with Gasteiger partial charge in [0.1, 0.15) is 6.61 Å². The third-order valence-corrected chi connectivity index (χ3v) is 6.10. The summed E-state index contributed by atoms with van der Waals surface area (Å²) in [6.07, 6.45) is 1.66. The first kappa shape index (κ1) is 24.0. The Hall–Kier alpha value is -3.09. The van der Waals surface area contributed by atoms with Gasteiger partial charge in [0, 0.05) is 10.6 Å². The first-order valence-corrected chi connectivity index (χ1v) is 11.9. The summed E-state index contributed by atoms with van der Waals surface area (Å²) in [4.78, 5) is 16.9. The van der Waals surface area contributed by atoms with Gasteiger partial charge in [-0.2, -0.15) is 0 Å². The van der Waals surface area contributed by atoms with E-state index < -0.39 is 5.97 Å². The molecular weight excluding hydrogens is 518 g/mol. The summed E-state index contributed by atoms with van der Waals surface area (Å²) < 4.78 is 17.6. The number of hydrogen-bond acceptors (Lipinski definition) is 5. The highest BCUT2D eigenvalue weighted by atomic mass is 79.9. The predicted octanol–water partition coefficient (Wildman–Crippen LogP) is 7.16. The van der Waals surface area contributed by atoms with Gasteiger partial charge in [-0.3, -0.25) is 0 Å². The van der Waals surface area contributed by atoms with Crippen molar-refractivity contribution in [1.29, 1.82) is 0 Å². The zero-order valence-corrected chi connectivity index (χ0v) is 21.3. The SMILES string of the molecule is COc1cc(/C=C2\N=C(c3ccc(C(C)C)cc3)OC2=O)cc(Br)c1OCc1cccc(Cl)c1. The van der Waals surface area contributed by atoms with Crippen LogP contribution in [0.3, 0.4) is 0 Å². The fourth-order valence-corrected chi connectivity index (χ4v) is 4.23. The number of aliphatic imine (C=N–C) groups is 1. The summed E-state index contributed by atoms with van der Waals surface area (Å²) in [5.74, 6) is 1.28. The van der Waals surface area contributed by atoms with Gasteiger partial charge in [0.15, 0.2) is 17.2 Å². The minimum atomic E-state index is -0.501. The molecule has 0 amide bonds. The van der Waals surface area contributed by atoms with Crippen LogP contribution < -0.4 is 9.47 Å². The molecule has 174 valence electrons. The predicted molar refractivity (Wildman–Crippen MR) is 138 cm³/mol. The normalized spacial score (nSPS) is 14.4. The maximum atomic E-state index is 12.4. The van der Waals surface area contributed by atoms with Crippen molar-refractivity contribution in [2.24, 2.45) is 4.99 Å². The highest BCUT2D eigenvalue weighted by Crippen LogP contribution is 2.38. The van der Waals surface area contributed by atoms with Gasteiger partial charge in [-0.05, 0) is 81.0 Å². The summed E-state index contributed by atoms with van der Waals surface area (Å²) >= 11 is 9.60. The van der Waals surface area contributed by atoms with Crippen LogP contribution in [0.1, 0.15) is 42.0 Å². The number of nitrogens with zero attached hydrogens (tertiary/aromatic N) is 1. The largest absolute Gasteiger partial charge is 0.493 e. The Bertz CT molecular complexity index is 1280. The van der Waals surface area contributed by atoms with E-state index in [0.29, 0.717) is 45.0 Å². The first-order valence-electron chi connectivity index (χ1n) is 10.7. The van der Waals surface area contributed by atoms with Crippen molar-refractivity contribution < 1.29 is 19.0 Å². The van der Waals surface area contributed by atoms with Crippen LogP contribution in [0.2, 0.25) is 5.02 Å². The van der Waals surface area contributed by atoms with Gasteiger partial charge in [-0.15, -0.1) is 0 Å². The number of carbonyl (C=O) groups excluding carboxylic acids is 1. The van der Waals surface area contributed by atoms with Crippen molar-refractivity contribution in [2.75, 3.05) is 7.11 Å². The van der Waals surface area contributed by atoms with Crippen molar-refractivity contribution in [2.45, 2.75) is 26.4 Å². The van der Waals surface area contributed by atoms with E-state index in [1.54, 1.807) is 19.3 Å². The lowest BCUT2D eigenvalue weighted by Crippen LogP contribution is -2.05. The Labute approximate surface area is 212 Å². The lowest BCUT2D eigenvalue weighted by molar-refractivity contribution is -0.129. The summed E-state index contributed by atoms with van der Waals surface area (Å²) in [5.41, 5.74) is 3.82. The van der Waals surface area contributed by atoms with Crippen LogP contribution in [-0.4, -0.2) is 19.0 Å². The molecule has 0 spiro atoms. The van der Waals surface area contributed by atoms with Crippen LogP contribution in [0.25, 0.3) is 6.08 Å². The molecule has 1 heterocycles. The Balaban J connectivity index is 1.57. The van der Waals surface area contributed by atoms with E-state index in [-0.39, 0.29) is 5.70 Å². The van der Waals surface area contributed by atoms with E-state index in [2.05, 4.69) is 34.8 Å². The molecule has 5 nitrogen and oxygen atoms in total. The van der Waals surface area contributed by atoms with Gasteiger partial charge < -0.3 is 14.2 Å². The number of carbonyl (C=O) groups is 1. The molecule has 0 aromatic heterocycles. The minimum Gasteiger partial charge on any atom is -0.493 e. The number of benzene rings is 3. The number of hydrogen-bond donors (Lipinski definition) is 0. The van der Waals surface area contributed by atoms with Crippen LogP contribution in [0.5, 0.6) is 11.5 Å². The van der Waals surface area contributed by atoms with E-state index in [1.807, 2.05) is 54.6 Å². The van der Waals surface area contributed by atoms with Crippen molar-refractivity contribution >= 4 is 45.5 Å². The van der Waals surface area contributed by atoms with Gasteiger partial charge in [0.05, 0.1) is 11.6 Å². The molecule has 0 atom stereocenters. The standard InChI is InChI=1S/C27H23BrClNO4/c1-16(2)19-7-9-20(10-8-19)26-30-23(27(31)34-26)13-18-12-22(28)25(24(14-18)32-3)33-15-17-5-4-6-21(29)11-17/h4-14,16H,15H2,1-3H3/b23-13-. The number of cyclic esters (lactones) is 1. The van der Waals surface area contributed by atoms with Crippen LogP contribution in [-0.2, 0) is 16.1 Å². The van der Waals surface area contributed by atoms with Crippen LogP contribution in [0.4, 0.5) is 0 Å². The maximum absolute atomic E-state index is 12.4. The maximum Gasteiger partial charge on any atom is 0.363 e. The summed E-state index contributed by atoms with van der Waals surface area (Å²) in [6, 6.07) is 18.9. The molecule has 4 rings (SSSR count). The molecule has 1 aliphatic rings. The van der Waals surface area contributed by atoms with E-state index in [4.69, 9.17) is 25.8 Å². The average molecular weight is 541 g/mol. The van der Waals surface area contributed by atoms with E-state index in [1.165, 1.54) is 5.56 Å². The number of ether oxygens (including phenoxy) is 3. The topological polar surface area (TPSA) is 57.1 Å². The van der Waals surface area contributed by atoms with Crippen molar-refractivity contribution in [3.05, 3.63) is 98.1 Å². The molecule has 7 heteroatoms. The zero-order chi connectivity index (χ0) is 24.2. The molecule has 0 bridgehead atoms. The minimum absolute atomic E-state index is 0.212. The van der Waals surface area contributed by atoms with E-state index in [9.17, 15) is 4.79 Å². The highest BCUT2D eigenvalue weighted by Gasteiger charge is 2.24. The van der Waals surface area contributed by atoms with Gasteiger partial charge in [0.2, 0.25) is 5.90 Å². The molecule has 1 aliphatic heterocycles. The fourth-order valence-electron chi connectivity index (χ4n) is 3.45. The molecule has 0 radical (unpaired) electrons. The van der Waals surface area contributed by atoms with Gasteiger partial charge in [0.25, 0.3) is 0 Å². The monoisotopic (exact) mass is 539 g/mol. The molecule has 0 fully saturated rings. The molecule has 0 saturated carbocycles. The molecule has 3 aromatic rings. The van der Waals surface area contributed by atoms with Crippen molar-refractivity contribution in [3.8, 4) is 11.5 Å². The number of rotatable bonds is 7. The van der Waals surface area contributed by atoms with Gasteiger partial charge in [-0.25, -0.2) is 9.79 Å². The van der Waals surface area contributed by atoms with E-state index >= 15 is 0 Å². The molecular formula is C27H23BrClNO4. The highest BCUT2D eigenvalue weighted by molar-refractivity contribution is 9.10. The summed E-state index contributed by atoms with van der Waals surface area (Å²) in [6.45, 7) is 4.58. The Kier molecular flexibility index (Phi) is 7.39. The Morgan fingerprint density at radius 3 is 2.56 bits per heavy atom. The lowest BCUT2D eigenvalue weighted by atomic mass is 10.0. The summed E-state index contributed by atoms with van der Waals surface area (Å²) in [7, 11) is 1.56. The van der Waals surface area contributed by atoms with Crippen LogP contribution in [0.15, 0.2) is 75.8 Å². The van der Waals surface area contributed by atoms with Crippen LogP contribution >= 0.6 is 27.5 Å². The second kappa shape index (κ2) is 10.5. The Morgan fingerprint density at radius 1 is 1.12 bits per heavy atom. The third-order valence-electron chi connectivity index (χ3n) is 5.27. The second-order valence-electron chi connectivity index (χ2n) is 8.07. The average Bonchev–Trinajstić information content (AvgIpc) is 3.18. The van der Waals surface area contributed by atoms with Gasteiger partial charge in [-0.1, -0.05) is 49.7 Å². The third kappa shape index (κ3) is 5.51. The molecule has 0 saturated heterocycles. The molecule has 0 aliphatic carbocycles. The first-order chi connectivity index (χ1) is 16.3. The lowest BCUT2D eigenvalue weighted by Gasteiger charge is -2.14. The van der Waals surface area contributed by atoms with Crippen molar-refractivity contribution in [1.82, 2.24) is 0 Å². The number of methoxy groups -OCH3 is 1. The molecule has 0 N–H and O–H groups in total. The molecule has 0 unspecified atom stereocenters. The fraction of sp³-hybridized carbons (Fsp3) is 0.185. The van der Waals surface area contributed by atoms with Crippen molar-refractivity contribution in [3.63, 3.8) is 0 Å². The Morgan fingerprint density at radius 2 is 1.88 bits per heavy atom. The number of esters is 1. The molecule has 34 heavy (non-hydrogen) atoms. The summed E-state index contributed by atoms with van der Waals surface area (Å²) in [5, 5.41) is 0.647. The second-order valence-corrected chi connectivity index (χ2v) is 9.36. The quantitative estimate of drug-likeness (QED) is 0.236. The molecule has 3 aromatic carbocycles. The smallest absolute Gasteiger partial charge is 0.363 e. The number of halogens is 2. The van der Waals surface area contributed by atoms with E-state index in [0.717, 1.165) is 11.1 Å². The van der Waals surface area contributed by atoms with Gasteiger partial charge >= 0.3 is 5.97 Å².